The van der Waals surface area contributed by atoms with Crippen molar-refractivity contribution < 1.29 is 9.66 Å². The van der Waals surface area contributed by atoms with Gasteiger partial charge in [0.05, 0.1) is 10.5 Å². The van der Waals surface area contributed by atoms with Gasteiger partial charge in [-0.25, -0.2) is 0 Å². The summed E-state index contributed by atoms with van der Waals surface area (Å²) >= 11 is 0. The first kappa shape index (κ1) is 13.5. The number of nitrogen functional groups attached to an aromatic ring is 1. The second-order valence-corrected chi connectivity index (χ2v) is 4.19. The first-order valence-electron chi connectivity index (χ1n) is 5.86. The highest BCUT2D eigenvalue weighted by atomic mass is 16.6. The number of nitro groups is 1. The largest absolute Gasteiger partial charge is 0.449 e. The van der Waals surface area contributed by atoms with Crippen molar-refractivity contribution in [1.82, 2.24) is 0 Å². The van der Waals surface area contributed by atoms with Crippen LogP contribution in [0.1, 0.15) is 11.1 Å². The highest BCUT2D eigenvalue weighted by molar-refractivity contribution is 5.97. The van der Waals surface area contributed by atoms with Gasteiger partial charge in [-0.05, 0) is 25.1 Å². The van der Waals surface area contributed by atoms with Crippen LogP contribution in [0.15, 0.2) is 42.5 Å². The third-order valence-corrected chi connectivity index (χ3v) is 2.78. The standard InChI is InChI=1S/C14H13N3O3/c1-9-5-4-8-12(13(9)17(18)19)20-11-7-3-2-6-10(11)14(15)16/h2-8H,1H3,(H3,15,16). The number of nitrogens with one attached hydrogen (secondary N) is 1. The summed E-state index contributed by atoms with van der Waals surface area (Å²) in [6.45, 7) is 1.64. The van der Waals surface area contributed by atoms with Crippen molar-refractivity contribution in [2.45, 2.75) is 6.92 Å². The Hall–Kier alpha value is -2.89. The van der Waals surface area contributed by atoms with E-state index in [0.29, 0.717) is 16.9 Å². The number of para-hydroxylation sites is 2. The molecule has 6 nitrogen and oxygen atoms in total. The summed E-state index contributed by atoms with van der Waals surface area (Å²) in [4.78, 5) is 10.6. The van der Waals surface area contributed by atoms with Crippen molar-refractivity contribution in [3.63, 3.8) is 0 Å². The summed E-state index contributed by atoms with van der Waals surface area (Å²) in [5.41, 5.74) is 6.27. The molecule has 0 unspecified atom stereocenters. The quantitative estimate of drug-likeness (QED) is 0.386. The lowest BCUT2D eigenvalue weighted by Gasteiger charge is -2.11. The van der Waals surface area contributed by atoms with Gasteiger partial charge >= 0.3 is 5.69 Å². The first-order valence-corrected chi connectivity index (χ1v) is 5.86. The summed E-state index contributed by atoms with van der Waals surface area (Å²) in [5.74, 6) is 0.285. The maximum Gasteiger partial charge on any atom is 0.314 e. The summed E-state index contributed by atoms with van der Waals surface area (Å²) in [6, 6.07) is 11.5. The van der Waals surface area contributed by atoms with Crippen LogP contribution in [0.4, 0.5) is 5.69 Å². The number of hydrogen-bond donors (Lipinski definition) is 2. The van der Waals surface area contributed by atoms with Crippen LogP contribution in [-0.4, -0.2) is 10.8 Å². The molecule has 0 fully saturated rings. The van der Waals surface area contributed by atoms with Crippen LogP contribution in [0.3, 0.4) is 0 Å². The van der Waals surface area contributed by atoms with E-state index < -0.39 is 4.92 Å². The average molecular weight is 271 g/mol. The zero-order valence-corrected chi connectivity index (χ0v) is 10.8. The number of amidine groups is 1. The van der Waals surface area contributed by atoms with E-state index in [2.05, 4.69) is 0 Å². The number of nitrogens with zero attached hydrogens (tertiary/aromatic N) is 1. The Bertz CT molecular complexity index is 683. The molecular weight excluding hydrogens is 258 g/mol. The monoisotopic (exact) mass is 271 g/mol. The molecule has 3 N–H and O–H groups in total. The third kappa shape index (κ3) is 2.59. The van der Waals surface area contributed by atoms with Gasteiger partial charge < -0.3 is 10.5 Å². The summed E-state index contributed by atoms with van der Waals surface area (Å²) in [6.07, 6.45) is 0. The Kier molecular flexibility index (Phi) is 3.65. The molecule has 0 saturated carbocycles. The molecule has 20 heavy (non-hydrogen) atoms. The lowest BCUT2D eigenvalue weighted by molar-refractivity contribution is -0.386. The number of hydrogen-bond acceptors (Lipinski definition) is 4. The van der Waals surface area contributed by atoms with Gasteiger partial charge in [-0.3, -0.25) is 15.5 Å². The predicted octanol–water partition coefficient (Wildman–Crippen LogP) is 2.98. The SMILES string of the molecule is Cc1cccc(Oc2ccccc2C(=N)N)c1[N+](=O)[O-]. The van der Waals surface area contributed by atoms with Crippen LogP contribution in [0.5, 0.6) is 11.5 Å². The van der Waals surface area contributed by atoms with E-state index in [-0.39, 0.29) is 17.3 Å². The fourth-order valence-corrected chi connectivity index (χ4v) is 1.84. The fraction of sp³-hybridized carbons (Fsp3) is 0.0714. The molecule has 0 heterocycles. The minimum atomic E-state index is -0.485. The fourth-order valence-electron chi connectivity index (χ4n) is 1.84. The molecule has 0 saturated heterocycles. The maximum absolute atomic E-state index is 11.1. The van der Waals surface area contributed by atoms with E-state index >= 15 is 0 Å². The van der Waals surface area contributed by atoms with E-state index in [4.69, 9.17) is 15.9 Å². The Morgan fingerprint density at radius 3 is 2.50 bits per heavy atom. The highest BCUT2D eigenvalue weighted by Crippen LogP contribution is 2.34. The second-order valence-electron chi connectivity index (χ2n) is 4.19. The number of ether oxygens (including phenoxy) is 1. The molecule has 0 atom stereocenters. The Morgan fingerprint density at radius 2 is 1.85 bits per heavy atom. The van der Waals surface area contributed by atoms with Crippen LogP contribution in [-0.2, 0) is 0 Å². The molecule has 6 heteroatoms. The smallest absolute Gasteiger partial charge is 0.314 e. The number of aryl methyl sites for hydroxylation is 1. The van der Waals surface area contributed by atoms with Gasteiger partial charge in [-0.1, -0.05) is 24.3 Å². The van der Waals surface area contributed by atoms with Gasteiger partial charge in [0, 0.05) is 5.56 Å². The topological polar surface area (TPSA) is 102 Å². The van der Waals surface area contributed by atoms with Gasteiger partial charge in [0.25, 0.3) is 0 Å². The number of nitrogens with two attached hydrogens (primary N) is 1. The molecule has 0 aliphatic rings. The van der Waals surface area contributed by atoms with E-state index in [0.717, 1.165) is 0 Å². The Morgan fingerprint density at radius 1 is 1.20 bits per heavy atom. The predicted molar refractivity (Wildman–Crippen MR) is 75.4 cm³/mol. The third-order valence-electron chi connectivity index (χ3n) is 2.78. The molecular formula is C14H13N3O3. The minimum absolute atomic E-state index is 0.0918. The molecule has 2 aromatic rings. The molecule has 0 bridgehead atoms. The van der Waals surface area contributed by atoms with Gasteiger partial charge in [0.1, 0.15) is 11.6 Å². The van der Waals surface area contributed by atoms with Crippen molar-refractivity contribution in [3.05, 3.63) is 63.7 Å². The lowest BCUT2D eigenvalue weighted by Crippen LogP contribution is -2.12. The van der Waals surface area contributed by atoms with Crippen molar-refractivity contribution >= 4 is 11.5 Å². The van der Waals surface area contributed by atoms with E-state index in [1.807, 2.05) is 0 Å². The van der Waals surface area contributed by atoms with Gasteiger partial charge in [-0.2, -0.15) is 0 Å². The van der Waals surface area contributed by atoms with E-state index in [9.17, 15) is 10.1 Å². The van der Waals surface area contributed by atoms with Crippen LogP contribution >= 0.6 is 0 Å². The molecule has 102 valence electrons. The zero-order valence-electron chi connectivity index (χ0n) is 10.8. The minimum Gasteiger partial charge on any atom is -0.449 e. The number of rotatable bonds is 4. The van der Waals surface area contributed by atoms with Gasteiger partial charge in [0.15, 0.2) is 0 Å². The number of nitro benzene ring substituents is 1. The van der Waals surface area contributed by atoms with Crippen LogP contribution in [0.25, 0.3) is 0 Å². The first-order chi connectivity index (χ1) is 9.50. The summed E-state index contributed by atoms with van der Waals surface area (Å²) < 4.78 is 5.58. The molecule has 0 spiro atoms. The molecule has 0 aliphatic carbocycles. The van der Waals surface area contributed by atoms with E-state index in [1.54, 1.807) is 43.3 Å². The molecule has 0 amide bonds. The Labute approximate surface area is 115 Å². The van der Waals surface area contributed by atoms with Crippen molar-refractivity contribution in [3.8, 4) is 11.5 Å². The summed E-state index contributed by atoms with van der Waals surface area (Å²) in [7, 11) is 0. The molecule has 2 aromatic carbocycles. The van der Waals surface area contributed by atoms with Crippen LogP contribution in [0.2, 0.25) is 0 Å². The highest BCUT2D eigenvalue weighted by Gasteiger charge is 2.19. The normalized spacial score (nSPS) is 10.1. The molecule has 0 aliphatic heterocycles. The average Bonchev–Trinajstić information content (AvgIpc) is 2.38. The van der Waals surface area contributed by atoms with Crippen molar-refractivity contribution in [2.24, 2.45) is 5.73 Å². The zero-order chi connectivity index (χ0) is 14.7. The van der Waals surface area contributed by atoms with Crippen LogP contribution < -0.4 is 10.5 Å². The van der Waals surface area contributed by atoms with Crippen LogP contribution in [0, 0.1) is 22.4 Å². The maximum atomic E-state index is 11.1. The molecule has 0 aromatic heterocycles. The van der Waals surface area contributed by atoms with Gasteiger partial charge in [-0.15, -0.1) is 0 Å². The lowest BCUT2D eigenvalue weighted by atomic mass is 10.1. The van der Waals surface area contributed by atoms with Crippen molar-refractivity contribution in [1.29, 1.82) is 5.41 Å². The second kappa shape index (κ2) is 5.40. The Balaban J connectivity index is 2.49. The number of benzene rings is 2. The molecule has 0 radical (unpaired) electrons. The van der Waals surface area contributed by atoms with Gasteiger partial charge in [0.2, 0.25) is 5.75 Å². The van der Waals surface area contributed by atoms with Crippen molar-refractivity contribution in [2.75, 3.05) is 0 Å². The summed E-state index contributed by atoms with van der Waals surface area (Å²) in [5, 5.41) is 18.6. The van der Waals surface area contributed by atoms with E-state index in [1.165, 1.54) is 6.07 Å². The molecule has 2 rings (SSSR count).